The summed E-state index contributed by atoms with van der Waals surface area (Å²) in [6.45, 7) is 2.37. The number of benzene rings is 8. The van der Waals surface area contributed by atoms with Gasteiger partial charge < -0.3 is 4.42 Å². The summed E-state index contributed by atoms with van der Waals surface area (Å²) in [5, 5.41) is 2.25. The van der Waals surface area contributed by atoms with E-state index in [9.17, 15) is 0 Å². The van der Waals surface area contributed by atoms with Crippen LogP contribution in [0.4, 0.5) is 0 Å². The fraction of sp³-hybridized carbons (Fsp3) is 0.0370. The largest absolute Gasteiger partial charge is 0.456 e. The molecule has 0 spiro atoms. The van der Waals surface area contributed by atoms with Crippen molar-refractivity contribution in [2.45, 2.75) is 12.3 Å². The van der Waals surface area contributed by atoms with Gasteiger partial charge >= 0.3 is 0 Å². The Hall–Kier alpha value is -7.36. The van der Waals surface area contributed by atoms with Gasteiger partial charge in [-0.2, -0.15) is 0 Å². The van der Waals surface area contributed by atoms with Crippen LogP contribution in [0.1, 0.15) is 23.6 Å². The maximum Gasteiger partial charge on any atom is 0.160 e. The summed E-state index contributed by atoms with van der Waals surface area (Å²) in [6.07, 6.45) is 0. The lowest BCUT2D eigenvalue weighted by atomic mass is 9.74. The first-order valence-electron chi connectivity index (χ1n) is 19.5. The van der Waals surface area contributed by atoms with Crippen LogP contribution in [0, 0.1) is 0 Å². The van der Waals surface area contributed by atoms with Crippen molar-refractivity contribution < 1.29 is 4.42 Å². The smallest absolute Gasteiger partial charge is 0.160 e. The van der Waals surface area contributed by atoms with Crippen LogP contribution < -0.4 is 0 Å². The van der Waals surface area contributed by atoms with Crippen LogP contribution in [0.5, 0.6) is 0 Å². The molecule has 0 amide bonds. The molecule has 0 saturated heterocycles. The third kappa shape index (κ3) is 5.50. The van der Waals surface area contributed by atoms with Gasteiger partial charge in [0.1, 0.15) is 11.2 Å². The van der Waals surface area contributed by atoms with E-state index in [1.54, 1.807) is 0 Å². The second-order valence-electron chi connectivity index (χ2n) is 15.1. The van der Waals surface area contributed by atoms with Crippen molar-refractivity contribution in [1.29, 1.82) is 0 Å². The van der Waals surface area contributed by atoms with E-state index in [1.807, 2.05) is 30.3 Å². The summed E-state index contributed by atoms with van der Waals surface area (Å²) in [7, 11) is 0. The zero-order chi connectivity index (χ0) is 37.9. The van der Waals surface area contributed by atoms with Crippen molar-refractivity contribution in [3.8, 4) is 67.3 Å². The number of furan rings is 1. The molecule has 57 heavy (non-hydrogen) atoms. The van der Waals surface area contributed by atoms with Crippen molar-refractivity contribution in [2.24, 2.45) is 0 Å². The normalized spacial score (nSPS) is 14.5. The summed E-state index contributed by atoms with van der Waals surface area (Å²) in [4.78, 5) is 10.2. The first-order chi connectivity index (χ1) is 28.1. The highest BCUT2D eigenvalue weighted by Gasteiger charge is 2.40. The predicted octanol–water partition coefficient (Wildman–Crippen LogP) is 14.0. The van der Waals surface area contributed by atoms with E-state index in [4.69, 9.17) is 14.4 Å². The predicted molar refractivity (Wildman–Crippen MR) is 234 cm³/mol. The third-order valence-corrected chi connectivity index (χ3v) is 11.8. The van der Waals surface area contributed by atoms with Gasteiger partial charge in [0.05, 0.1) is 11.4 Å². The Kier molecular flexibility index (Phi) is 7.61. The van der Waals surface area contributed by atoms with E-state index in [1.165, 1.54) is 38.9 Å². The van der Waals surface area contributed by atoms with Gasteiger partial charge in [-0.15, -0.1) is 0 Å². The van der Waals surface area contributed by atoms with Crippen LogP contribution in [-0.4, -0.2) is 9.97 Å². The van der Waals surface area contributed by atoms with Crippen molar-refractivity contribution in [3.05, 3.63) is 217 Å². The molecule has 0 radical (unpaired) electrons. The standard InChI is InChI=1S/C54H36N2O/c1-54(42-14-6-3-7-15-42)47-18-10-8-16-43(47)44-30-28-41(33-48(44)54)36-22-26-38(27-23-36)50-34-49(55-53(56-50)39-12-4-2-5-13-39)37-24-20-35(21-25-37)40-29-31-52-46(32-40)45-17-9-11-19-51(45)57-52/h2-34H,1H3. The second kappa shape index (κ2) is 13.1. The Balaban J connectivity index is 0.947. The van der Waals surface area contributed by atoms with Crippen molar-refractivity contribution in [1.82, 2.24) is 9.97 Å². The minimum Gasteiger partial charge on any atom is -0.456 e. The number of hydrogen-bond donors (Lipinski definition) is 0. The zero-order valence-corrected chi connectivity index (χ0v) is 31.4. The molecule has 1 aliphatic carbocycles. The molecule has 3 nitrogen and oxygen atoms in total. The molecular weight excluding hydrogens is 693 g/mol. The summed E-state index contributed by atoms with van der Waals surface area (Å²) >= 11 is 0. The van der Waals surface area contributed by atoms with Gasteiger partial charge in [0.15, 0.2) is 5.82 Å². The van der Waals surface area contributed by atoms with Crippen molar-refractivity contribution >= 4 is 21.9 Å². The van der Waals surface area contributed by atoms with Gasteiger partial charge in [-0.3, -0.25) is 0 Å². The monoisotopic (exact) mass is 728 g/mol. The molecule has 0 aliphatic heterocycles. The molecular formula is C54H36N2O. The molecule has 0 fully saturated rings. The number of aromatic nitrogens is 2. The quantitative estimate of drug-likeness (QED) is 0.171. The molecule has 268 valence electrons. The molecule has 8 aromatic carbocycles. The Labute approximate surface area is 331 Å². The third-order valence-electron chi connectivity index (χ3n) is 11.8. The minimum absolute atomic E-state index is 0.241. The molecule has 11 rings (SSSR count). The molecule has 0 N–H and O–H groups in total. The maximum absolute atomic E-state index is 6.08. The zero-order valence-electron chi connectivity index (χ0n) is 31.4. The molecule has 0 saturated carbocycles. The van der Waals surface area contributed by atoms with E-state index in [2.05, 4.69) is 177 Å². The summed E-state index contributed by atoms with van der Waals surface area (Å²) in [6, 6.07) is 71.2. The summed E-state index contributed by atoms with van der Waals surface area (Å²) in [5.74, 6) is 0.701. The number of para-hydroxylation sites is 1. The van der Waals surface area contributed by atoms with Crippen LogP contribution in [-0.2, 0) is 5.41 Å². The maximum atomic E-state index is 6.08. The van der Waals surface area contributed by atoms with Crippen molar-refractivity contribution in [3.63, 3.8) is 0 Å². The van der Waals surface area contributed by atoms with Crippen molar-refractivity contribution in [2.75, 3.05) is 0 Å². The molecule has 1 unspecified atom stereocenters. The van der Waals surface area contributed by atoms with Gasteiger partial charge in [-0.25, -0.2) is 9.97 Å². The van der Waals surface area contributed by atoms with Crippen LogP contribution in [0.25, 0.3) is 89.2 Å². The molecule has 2 aromatic heterocycles. The van der Waals surface area contributed by atoms with E-state index in [0.29, 0.717) is 5.82 Å². The lowest BCUT2D eigenvalue weighted by Gasteiger charge is -2.28. The fourth-order valence-corrected chi connectivity index (χ4v) is 8.79. The Morgan fingerprint density at radius 1 is 0.368 bits per heavy atom. The second-order valence-corrected chi connectivity index (χ2v) is 15.1. The highest BCUT2D eigenvalue weighted by Crippen LogP contribution is 2.53. The number of nitrogens with zero attached hydrogens (tertiary/aromatic N) is 2. The van der Waals surface area contributed by atoms with E-state index in [0.717, 1.165) is 61.1 Å². The van der Waals surface area contributed by atoms with E-state index >= 15 is 0 Å². The number of hydrogen-bond acceptors (Lipinski definition) is 3. The van der Waals surface area contributed by atoms with Crippen LogP contribution in [0.3, 0.4) is 0 Å². The van der Waals surface area contributed by atoms with E-state index in [-0.39, 0.29) is 5.41 Å². The van der Waals surface area contributed by atoms with Crippen LogP contribution >= 0.6 is 0 Å². The average Bonchev–Trinajstić information content (AvgIpc) is 3.79. The Morgan fingerprint density at radius 2 is 0.895 bits per heavy atom. The minimum atomic E-state index is -0.241. The van der Waals surface area contributed by atoms with Gasteiger partial charge in [-0.1, -0.05) is 170 Å². The van der Waals surface area contributed by atoms with Gasteiger partial charge in [-0.05, 0) is 87.3 Å². The first kappa shape index (κ1) is 33.0. The molecule has 1 aliphatic rings. The average molecular weight is 729 g/mol. The first-order valence-corrected chi connectivity index (χ1v) is 19.5. The molecule has 1 atom stereocenters. The molecule has 3 heteroatoms. The molecule has 10 aromatic rings. The van der Waals surface area contributed by atoms with Gasteiger partial charge in [0.2, 0.25) is 0 Å². The summed E-state index contributed by atoms with van der Waals surface area (Å²) in [5.41, 5.74) is 17.6. The SMILES string of the molecule is CC1(c2ccccc2)c2ccccc2-c2ccc(-c3ccc(-c4cc(-c5ccc(-c6ccc7oc8ccccc8c7c6)cc5)nc(-c5ccccc5)n4)cc3)cc21. The van der Waals surface area contributed by atoms with Crippen LogP contribution in [0.2, 0.25) is 0 Å². The topological polar surface area (TPSA) is 38.9 Å². The van der Waals surface area contributed by atoms with E-state index < -0.39 is 0 Å². The van der Waals surface area contributed by atoms with Crippen LogP contribution in [0.15, 0.2) is 205 Å². The highest BCUT2D eigenvalue weighted by molar-refractivity contribution is 6.06. The highest BCUT2D eigenvalue weighted by atomic mass is 16.3. The Bertz CT molecular complexity index is 3110. The van der Waals surface area contributed by atoms with Gasteiger partial charge in [0, 0.05) is 32.9 Å². The Morgan fingerprint density at radius 3 is 1.61 bits per heavy atom. The molecule has 0 bridgehead atoms. The summed E-state index contributed by atoms with van der Waals surface area (Å²) < 4.78 is 6.08. The fourth-order valence-electron chi connectivity index (χ4n) is 8.79. The number of rotatable bonds is 6. The van der Waals surface area contributed by atoms with Gasteiger partial charge in [0.25, 0.3) is 0 Å². The lowest BCUT2D eigenvalue weighted by molar-refractivity contribution is 0.669. The number of fused-ring (bicyclic) bond motifs is 6. The lowest BCUT2D eigenvalue weighted by Crippen LogP contribution is -2.22. The molecule has 2 heterocycles.